The number of hydrogen-bond acceptors (Lipinski definition) is 2. The van der Waals surface area contributed by atoms with E-state index >= 15 is 0 Å². The van der Waals surface area contributed by atoms with E-state index in [0.717, 1.165) is 18.5 Å². The standard InChI is InChI=1S/C9H12N2/c1-9(10)5-4-7-3-2-6-11-8(7)9/h2-3,6H,4-5,10H2,1H3. The van der Waals surface area contributed by atoms with Crippen molar-refractivity contribution in [3.8, 4) is 0 Å². The minimum atomic E-state index is -0.184. The molecule has 1 aromatic rings. The molecule has 1 unspecified atom stereocenters. The van der Waals surface area contributed by atoms with Crippen molar-refractivity contribution in [2.24, 2.45) is 5.73 Å². The summed E-state index contributed by atoms with van der Waals surface area (Å²) in [6.45, 7) is 2.05. The lowest BCUT2D eigenvalue weighted by Crippen LogP contribution is -2.30. The lowest BCUT2D eigenvalue weighted by Gasteiger charge is -2.16. The molecule has 0 saturated heterocycles. The van der Waals surface area contributed by atoms with Crippen LogP contribution in [0.2, 0.25) is 0 Å². The van der Waals surface area contributed by atoms with Crippen LogP contribution in [-0.2, 0) is 12.0 Å². The lowest BCUT2D eigenvalue weighted by atomic mass is 10.0. The zero-order valence-corrected chi connectivity index (χ0v) is 6.67. The summed E-state index contributed by atoms with van der Waals surface area (Å²) in [4.78, 5) is 4.29. The van der Waals surface area contributed by atoms with Gasteiger partial charge in [-0.05, 0) is 31.4 Å². The Balaban J connectivity index is 2.56. The van der Waals surface area contributed by atoms with Crippen molar-refractivity contribution in [2.75, 3.05) is 0 Å². The van der Waals surface area contributed by atoms with E-state index in [1.807, 2.05) is 19.2 Å². The summed E-state index contributed by atoms with van der Waals surface area (Å²) in [5, 5.41) is 0. The van der Waals surface area contributed by atoms with Gasteiger partial charge in [-0.1, -0.05) is 6.07 Å². The molecule has 2 heteroatoms. The fourth-order valence-corrected chi connectivity index (χ4v) is 1.67. The fourth-order valence-electron chi connectivity index (χ4n) is 1.67. The molecule has 0 bridgehead atoms. The molecule has 1 heterocycles. The fraction of sp³-hybridized carbons (Fsp3) is 0.444. The molecular weight excluding hydrogens is 136 g/mol. The van der Waals surface area contributed by atoms with Gasteiger partial charge in [0.15, 0.2) is 0 Å². The SMILES string of the molecule is CC1(N)CCc2cccnc21. The third kappa shape index (κ3) is 0.942. The van der Waals surface area contributed by atoms with Crippen LogP contribution in [0.3, 0.4) is 0 Å². The second kappa shape index (κ2) is 2.05. The number of pyridine rings is 1. The third-order valence-electron chi connectivity index (χ3n) is 2.35. The quantitative estimate of drug-likeness (QED) is 0.600. The predicted octanol–water partition coefficient (Wildman–Crippen LogP) is 1.20. The van der Waals surface area contributed by atoms with Gasteiger partial charge in [0.05, 0.1) is 11.2 Å². The molecule has 0 radical (unpaired) electrons. The Bertz CT molecular complexity index is 279. The maximum absolute atomic E-state index is 6.03. The first-order chi connectivity index (χ1) is 5.20. The normalized spacial score (nSPS) is 28.5. The maximum Gasteiger partial charge on any atom is 0.0631 e. The zero-order valence-electron chi connectivity index (χ0n) is 6.67. The molecular formula is C9H12N2. The number of fused-ring (bicyclic) bond motifs is 1. The van der Waals surface area contributed by atoms with Gasteiger partial charge in [-0.2, -0.15) is 0 Å². The summed E-state index contributed by atoms with van der Waals surface area (Å²) in [6, 6.07) is 4.08. The van der Waals surface area contributed by atoms with E-state index in [9.17, 15) is 0 Å². The number of nitrogens with zero attached hydrogens (tertiary/aromatic N) is 1. The van der Waals surface area contributed by atoms with Crippen molar-refractivity contribution >= 4 is 0 Å². The minimum absolute atomic E-state index is 0.184. The van der Waals surface area contributed by atoms with Crippen molar-refractivity contribution in [2.45, 2.75) is 25.3 Å². The number of rotatable bonds is 0. The lowest BCUT2D eigenvalue weighted by molar-refractivity contribution is 0.480. The molecule has 2 nitrogen and oxygen atoms in total. The van der Waals surface area contributed by atoms with Crippen LogP contribution < -0.4 is 5.73 Å². The van der Waals surface area contributed by atoms with Crippen molar-refractivity contribution in [3.05, 3.63) is 29.6 Å². The van der Waals surface area contributed by atoms with Crippen LogP contribution in [0.4, 0.5) is 0 Å². The second-order valence-electron chi connectivity index (χ2n) is 3.43. The first-order valence-corrected chi connectivity index (χ1v) is 3.93. The summed E-state index contributed by atoms with van der Waals surface area (Å²) in [5.41, 5.74) is 8.24. The number of aryl methyl sites for hydroxylation is 1. The maximum atomic E-state index is 6.03. The highest BCUT2D eigenvalue weighted by atomic mass is 14.8. The largest absolute Gasteiger partial charge is 0.320 e. The van der Waals surface area contributed by atoms with E-state index in [1.54, 1.807) is 0 Å². The van der Waals surface area contributed by atoms with Crippen LogP contribution in [0, 0.1) is 0 Å². The monoisotopic (exact) mass is 148 g/mol. The molecule has 0 amide bonds. The Labute approximate surface area is 66.4 Å². The highest BCUT2D eigenvalue weighted by Crippen LogP contribution is 2.31. The zero-order chi connectivity index (χ0) is 7.90. The molecule has 2 N–H and O–H groups in total. The molecule has 1 aliphatic carbocycles. The molecule has 11 heavy (non-hydrogen) atoms. The predicted molar refractivity (Wildman–Crippen MR) is 44.1 cm³/mol. The van der Waals surface area contributed by atoms with Gasteiger partial charge in [0, 0.05) is 6.20 Å². The van der Waals surface area contributed by atoms with Crippen molar-refractivity contribution in [1.29, 1.82) is 0 Å². The molecule has 1 aromatic heterocycles. The number of hydrogen-bond donors (Lipinski definition) is 1. The number of nitrogens with two attached hydrogens (primary N) is 1. The van der Waals surface area contributed by atoms with Crippen LogP contribution in [0.25, 0.3) is 0 Å². The van der Waals surface area contributed by atoms with Gasteiger partial charge in [0.25, 0.3) is 0 Å². The molecule has 0 saturated carbocycles. The van der Waals surface area contributed by atoms with Crippen molar-refractivity contribution in [1.82, 2.24) is 4.98 Å². The van der Waals surface area contributed by atoms with Gasteiger partial charge in [0.1, 0.15) is 0 Å². The molecule has 0 aliphatic heterocycles. The molecule has 0 spiro atoms. The van der Waals surface area contributed by atoms with E-state index in [2.05, 4.69) is 11.1 Å². The van der Waals surface area contributed by atoms with E-state index in [-0.39, 0.29) is 5.54 Å². The Morgan fingerprint density at radius 3 is 3.18 bits per heavy atom. The van der Waals surface area contributed by atoms with Crippen LogP contribution >= 0.6 is 0 Å². The van der Waals surface area contributed by atoms with E-state index in [4.69, 9.17) is 5.73 Å². The van der Waals surface area contributed by atoms with Crippen LogP contribution in [0.5, 0.6) is 0 Å². The van der Waals surface area contributed by atoms with Gasteiger partial charge in [0.2, 0.25) is 0 Å². The van der Waals surface area contributed by atoms with Gasteiger partial charge in [-0.3, -0.25) is 4.98 Å². The topological polar surface area (TPSA) is 38.9 Å². The smallest absolute Gasteiger partial charge is 0.0631 e. The Hall–Kier alpha value is -0.890. The van der Waals surface area contributed by atoms with E-state index in [1.165, 1.54) is 5.56 Å². The van der Waals surface area contributed by atoms with Crippen molar-refractivity contribution < 1.29 is 0 Å². The van der Waals surface area contributed by atoms with E-state index < -0.39 is 0 Å². The Morgan fingerprint density at radius 1 is 1.64 bits per heavy atom. The summed E-state index contributed by atoms with van der Waals surface area (Å²) in [5.74, 6) is 0. The molecule has 58 valence electrons. The molecule has 0 aromatic carbocycles. The first kappa shape index (κ1) is 6.80. The summed E-state index contributed by atoms with van der Waals surface area (Å²) in [7, 11) is 0. The highest BCUT2D eigenvalue weighted by molar-refractivity contribution is 5.31. The molecule has 0 fully saturated rings. The van der Waals surface area contributed by atoms with E-state index in [0.29, 0.717) is 0 Å². The average Bonchev–Trinajstić information content (AvgIpc) is 2.29. The van der Waals surface area contributed by atoms with Gasteiger partial charge < -0.3 is 5.73 Å². The van der Waals surface area contributed by atoms with Gasteiger partial charge in [-0.25, -0.2) is 0 Å². The second-order valence-corrected chi connectivity index (χ2v) is 3.43. The Kier molecular flexibility index (Phi) is 1.26. The molecule has 2 rings (SSSR count). The van der Waals surface area contributed by atoms with Crippen LogP contribution in [0.1, 0.15) is 24.6 Å². The van der Waals surface area contributed by atoms with Crippen LogP contribution in [-0.4, -0.2) is 4.98 Å². The molecule has 1 aliphatic rings. The number of aromatic nitrogens is 1. The van der Waals surface area contributed by atoms with Crippen molar-refractivity contribution in [3.63, 3.8) is 0 Å². The van der Waals surface area contributed by atoms with Gasteiger partial charge >= 0.3 is 0 Å². The minimum Gasteiger partial charge on any atom is -0.320 e. The summed E-state index contributed by atoms with van der Waals surface area (Å²) < 4.78 is 0. The third-order valence-corrected chi connectivity index (χ3v) is 2.35. The summed E-state index contributed by atoms with van der Waals surface area (Å²) >= 11 is 0. The highest BCUT2D eigenvalue weighted by Gasteiger charge is 2.30. The average molecular weight is 148 g/mol. The molecule has 1 atom stereocenters. The van der Waals surface area contributed by atoms with Crippen LogP contribution in [0.15, 0.2) is 18.3 Å². The van der Waals surface area contributed by atoms with Gasteiger partial charge in [-0.15, -0.1) is 0 Å². The first-order valence-electron chi connectivity index (χ1n) is 3.93. The Morgan fingerprint density at radius 2 is 2.45 bits per heavy atom. The summed E-state index contributed by atoms with van der Waals surface area (Å²) in [6.07, 6.45) is 3.92.